The van der Waals surface area contributed by atoms with Crippen molar-refractivity contribution in [1.29, 1.82) is 0 Å². The van der Waals surface area contributed by atoms with Gasteiger partial charge in [0.1, 0.15) is 0 Å². The van der Waals surface area contributed by atoms with Crippen LogP contribution in [0.1, 0.15) is 34.0 Å². The molecule has 2 aromatic carbocycles. The van der Waals surface area contributed by atoms with E-state index in [1.54, 1.807) is 12.1 Å². The zero-order chi connectivity index (χ0) is 19.6. The first-order valence-corrected chi connectivity index (χ1v) is 10.6. The van der Waals surface area contributed by atoms with Crippen LogP contribution in [0.2, 0.25) is 0 Å². The molecular weight excluding hydrogens is 360 g/mol. The van der Waals surface area contributed by atoms with Gasteiger partial charge in [0.25, 0.3) is 0 Å². The lowest BCUT2D eigenvalue weighted by atomic mass is 10.1. The number of aryl methyl sites for hydroxylation is 2. The highest BCUT2D eigenvalue weighted by molar-refractivity contribution is 7.89. The Balaban J connectivity index is 1.65. The quantitative estimate of drug-likeness (QED) is 0.741. The maximum atomic E-state index is 12.9. The minimum Gasteiger partial charge on any atom is -0.296 e. The fourth-order valence-corrected chi connectivity index (χ4v) is 4.77. The third-order valence-corrected chi connectivity index (χ3v) is 7.04. The fourth-order valence-electron chi connectivity index (χ4n) is 3.35. The molecule has 0 saturated carbocycles. The molecule has 3 rings (SSSR count). The zero-order valence-electron chi connectivity index (χ0n) is 16.1. The Morgan fingerprint density at radius 2 is 1.59 bits per heavy atom. The summed E-state index contributed by atoms with van der Waals surface area (Å²) in [6.45, 7) is 8.87. The molecule has 27 heavy (non-hydrogen) atoms. The van der Waals surface area contributed by atoms with Gasteiger partial charge in [0.15, 0.2) is 5.78 Å². The summed E-state index contributed by atoms with van der Waals surface area (Å²) in [6, 6.07) is 12.6. The number of carbonyl (C=O) groups excluding carboxylic acids is 1. The number of piperazine rings is 1. The molecule has 144 valence electrons. The monoisotopic (exact) mass is 386 g/mol. The van der Waals surface area contributed by atoms with E-state index >= 15 is 0 Å². The van der Waals surface area contributed by atoms with Gasteiger partial charge in [-0.05, 0) is 44.0 Å². The van der Waals surface area contributed by atoms with Crippen LogP contribution in [0.5, 0.6) is 0 Å². The van der Waals surface area contributed by atoms with Crippen molar-refractivity contribution in [3.63, 3.8) is 0 Å². The number of hydrogen-bond donors (Lipinski definition) is 0. The molecule has 1 saturated heterocycles. The molecule has 1 aliphatic heterocycles. The van der Waals surface area contributed by atoms with E-state index in [-0.39, 0.29) is 10.7 Å². The topological polar surface area (TPSA) is 57.7 Å². The number of Topliss-reactive ketones (excluding diaryl/α,β-unsaturated/α-hetero) is 1. The Bertz CT molecular complexity index is 928. The SMILES string of the molecule is CC(=O)c1ccc(S(=O)(=O)N2CCN(Cc3cc(C)ccc3C)CC2)cc1. The van der Waals surface area contributed by atoms with Crippen LogP contribution in [0, 0.1) is 13.8 Å². The molecule has 0 N–H and O–H groups in total. The van der Waals surface area contributed by atoms with Gasteiger partial charge >= 0.3 is 0 Å². The first-order chi connectivity index (χ1) is 12.8. The van der Waals surface area contributed by atoms with Gasteiger partial charge in [0.05, 0.1) is 4.90 Å². The number of hydrogen-bond acceptors (Lipinski definition) is 4. The number of ketones is 1. The molecule has 2 aromatic rings. The van der Waals surface area contributed by atoms with Crippen molar-refractivity contribution in [3.05, 3.63) is 64.7 Å². The molecule has 0 aliphatic carbocycles. The standard InChI is InChI=1S/C21H26N2O3S/c1-16-4-5-17(2)20(14-16)15-22-10-12-23(13-11-22)27(25,26)21-8-6-19(7-9-21)18(3)24/h4-9,14H,10-13,15H2,1-3H3. The van der Waals surface area contributed by atoms with Crippen molar-refractivity contribution in [2.24, 2.45) is 0 Å². The Morgan fingerprint density at radius 3 is 2.19 bits per heavy atom. The molecule has 5 nitrogen and oxygen atoms in total. The third kappa shape index (κ3) is 4.46. The van der Waals surface area contributed by atoms with Gasteiger partial charge in [-0.1, -0.05) is 35.9 Å². The summed E-state index contributed by atoms with van der Waals surface area (Å²) in [5, 5.41) is 0. The summed E-state index contributed by atoms with van der Waals surface area (Å²) in [5.74, 6) is -0.0704. The lowest BCUT2D eigenvalue weighted by Crippen LogP contribution is -2.48. The Morgan fingerprint density at radius 1 is 0.963 bits per heavy atom. The molecule has 0 bridgehead atoms. The van der Waals surface area contributed by atoms with Crippen molar-refractivity contribution in [3.8, 4) is 0 Å². The largest absolute Gasteiger partial charge is 0.296 e. The first kappa shape index (κ1) is 19.7. The minimum absolute atomic E-state index is 0.0704. The summed E-state index contributed by atoms with van der Waals surface area (Å²) in [7, 11) is -3.52. The second kappa shape index (κ2) is 7.92. The Hall–Kier alpha value is -2.02. The van der Waals surface area contributed by atoms with E-state index < -0.39 is 10.0 Å². The molecule has 6 heteroatoms. The van der Waals surface area contributed by atoms with Gasteiger partial charge < -0.3 is 0 Å². The molecule has 1 fully saturated rings. The van der Waals surface area contributed by atoms with Crippen LogP contribution < -0.4 is 0 Å². The highest BCUT2D eigenvalue weighted by Gasteiger charge is 2.28. The van der Waals surface area contributed by atoms with Crippen LogP contribution in [0.3, 0.4) is 0 Å². The van der Waals surface area contributed by atoms with Crippen LogP contribution in [-0.2, 0) is 16.6 Å². The second-order valence-electron chi connectivity index (χ2n) is 7.19. The van der Waals surface area contributed by atoms with Crippen LogP contribution in [-0.4, -0.2) is 49.6 Å². The molecule has 0 radical (unpaired) electrons. The average Bonchev–Trinajstić information content (AvgIpc) is 2.65. The van der Waals surface area contributed by atoms with E-state index in [2.05, 4.69) is 36.9 Å². The minimum atomic E-state index is -3.52. The van der Waals surface area contributed by atoms with Gasteiger partial charge in [-0.25, -0.2) is 8.42 Å². The van der Waals surface area contributed by atoms with Gasteiger partial charge in [-0.15, -0.1) is 0 Å². The van der Waals surface area contributed by atoms with Crippen molar-refractivity contribution in [1.82, 2.24) is 9.21 Å². The Labute approximate surface area is 161 Å². The van der Waals surface area contributed by atoms with E-state index in [4.69, 9.17) is 0 Å². The maximum absolute atomic E-state index is 12.9. The van der Waals surface area contributed by atoms with Gasteiger partial charge in [0, 0.05) is 38.3 Å². The highest BCUT2D eigenvalue weighted by Crippen LogP contribution is 2.20. The Kier molecular flexibility index (Phi) is 5.79. The smallest absolute Gasteiger partial charge is 0.243 e. The van der Waals surface area contributed by atoms with Crippen molar-refractivity contribution in [2.75, 3.05) is 26.2 Å². The van der Waals surface area contributed by atoms with E-state index in [0.717, 1.165) is 6.54 Å². The van der Waals surface area contributed by atoms with Gasteiger partial charge in [0.2, 0.25) is 10.0 Å². The normalized spacial score (nSPS) is 16.4. The van der Waals surface area contributed by atoms with Crippen LogP contribution >= 0.6 is 0 Å². The average molecular weight is 387 g/mol. The number of sulfonamides is 1. The second-order valence-corrected chi connectivity index (χ2v) is 9.13. The lowest BCUT2D eigenvalue weighted by Gasteiger charge is -2.34. The van der Waals surface area contributed by atoms with Crippen molar-refractivity contribution >= 4 is 15.8 Å². The van der Waals surface area contributed by atoms with E-state index in [1.807, 2.05) is 0 Å². The van der Waals surface area contributed by atoms with E-state index in [1.165, 1.54) is 40.1 Å². The van der Waals surface area contributed by atoms with E-state index in [9.17, 15) is 13.2 Å². The van der Waals surface area contributed by atoms with Crippen molar-refractivity contribution < 1.29 is 13.2 Å². The summed E-state index contributed by atoms with van der Waals surface area (Å²) < 4.78 is 27.2. The molecule has 0 aromatic heterocycles. The first-order valence-electron chi connectivity index (χ1n) is 9.17. The molecule has 1 heterocycles. The number of carbonyl (C=O) groups is 1. The number of nitrogens with zero attached hydrogens (tertiary/aromatic N) is 2. The summed E-state index contributed by atoms with van der Waals surface area (Å²) in [5.41, 5.74) is 4.32. The molecule has 0 unspecified atom stereocenters. The third-order valence-electron chi connectivity index (χ3n) is 5.13. The predicted octanol–water partition coefficient (Wildman–Crippen LogP) is 3.01. The van der Waals surface area contributed by atoms with Gasteiger partial charge in [-0.3, -0.25) is 9.69 Å². The number of benzene rings is 2. The number of rotatable bonds is 5. The molecular formula is C21H26N2O3S. The molecule has 0 spiro atoms. The van der Waals surface area contributed by atoms with Crippen LogP contribution in [0.25, 0.3) is 0 Å². The molecule has 0 atom stereocenters. The summed E-state index contributed by atoms with van der Waals surface area (Å²) in [6.07, 6.45) is 0. The molecule has 1 aliphatic rings. The van der Waals surface area contributed by atoms with Crippen LogP contribution in [0.4, 0.5) is 0 Å². The lowest BCUT2D eigenvalue weighted by molar-refractivity contribution is 0.101. The predicted molar refractivity (Wildman–Crippen MR) is 106 cm³/mol. The van der Waals surface area contributed by atoms with Crippen molar-refractivity contribution in [2.45, 2.75) is 32.2 Å². The zero-order valence-corrected chi connectivity index (χ0v) is 16.9. The van der Waals surface area contributed by atoms with Crippen LogP contribution in [0.15, 0.2) is 47.4 Å². The maximum Gasteiger partial charge on any atom is 0.243 e. The highest BCUT2D eigenvalue weighted by atomic mass is 32.2. The molecule has 0 amide bonds. The summed E-state index contributed by atoms with van der Waals surface area (Å²) in [4.78, 5) is 13.9. The fraction of sp³-hybridized carbons (Fsp3) is 0.381. The summed E-state index contributed by atoms with van der Waals surface area (Å²) >= 11 is 0. The van der Waals surface area contributed by atoms with Gasteiger partial charge in [-0.2, -0.15) is 4.31 Å². The van der Waals surface area contributed by atoms with E-state index in [0.29, 0.717) is 31.7 Å².